The molecular formula is C21H24N2O2. The summed E-state index contributed by atoms with van der Waals surface area (Å²) >= 11 is 0. The Bertz CT molecular complexity index is 771. The van der Waals surface area contributed by atoms with Crippen LogP contribution in [-0.4, -0.2) is 29.8 Å². The summed E-state index contributed by atoms with van der Waals surface area (Å²) in [6.45, 7) is 5.17. The van der Waals surface area contributed by atoms with Crippen molar-refractivity contribution in [1.29, 1.82) is 0 Å². The molecular weight excluding hydrogens is 312 g/mol. The van der Waals surface area contributed by atoms with Gasteiger partial charge in [0.25, 0.3) is 5.91 Å². The van der Waals surface area contributed by atoms with E-state index in [4.69, 9.17) is 0 Å². The number of aryl methyl sites for hydroxylation is 2. The van der Waals surface area contributed by atoms with Gasteiger partial charge in [0, 0.05) is 24.3 Å². The molecule has 2 aromatic rings. The predicted molar refractivity (Wildman–Crippen MR) is 99.6 cm³/mol. The molecule has 1 aliphatic rings. The van der Waals surface area contributed by atoms with Crippen molar-refractivity contribution < 1.29 is 9.59 Å². The fourth-order valence-electron chi connectivity index (χ4n) is 3.37. The molecule has 25 heavy (non-hydrogen) atoms. The fraction of sp³-hybridized carbons (Fsp3) is 0.333. The topological polar surface area (TPSA) is 49.4 Å². The minimum absolute atomic E-state index is 0.00988. The van der Waals surface area contributed by atoms with Gasteiger partial charge >= 0.3 is 0 Å². The highest BCUT2D eigenvalue weighted by Gasteiger charge is 2.29. The number of likely N-dealkylation sites (tertiary alicyclic amines) is 1. The maximum atomic E-state index is 12.9. The second-order valence-corrected chi connectivity index (χ2v) is 6.76. The Labute approximate surface area is 148 Å². The third kappa shape index (κ3) is 4.08. The zero-order chi connectivity index (χ0) is 17.8. The van der Waals surface area contributed by atoms with Gasteiger partial charge in [-0.15, -0.1) is 0 Å². The van der Waals surface area contributed by atoms with Crippen LogP contribution in [0.1, 0.15) is 34.3 Å². The van der Waals surface area contributed by atoms with Gasteiger partial charge in [-0.05, 0) is 50.5 Å². The summed E-state index contributed by atoms with van der Waals surface area (Å²) in [5, 5.41) is 2.95. The molecule has 0 saturated carbocycles. The van der Waals surface area contributed by atoms with E-state index in [9.17, 15) is 9.59 Å². The first-order valence-electron chi connectivity index (χ1n) is 8.77. The van der Waals surface area contributed by atoms with Gasteiger partial charge in [0.2, 0.25) is 5.91 Å². The van der Waals surface area contributed by atoms with E-state index in [0.717, 1.165) is 35.2 Å². The summed E-state index contributed by atoms with van der Waals surface area (Å²) in [5.41, 5.74) is 3.66. The average molecular weight is 336 g/mol. The minimum atomic E-state index is -0.163. The first kappa shape index (κ1) is 17.2. The molecule has 3 rings (SSSR count). The molecule has 1 atom stereocenters. The van der Waals surface area contributed by atoms with E-state index >= 15 is 0 Å². The molecule has 1 saturated heterocycles. The first-order chi connectivity index (χ1) is 12.0. The zero-order valence-corrected chi connectivity index (χ0v) is 14.8. The lowest BCUT2D eigenvalue weighted by Gasteiger charge is -2.32. The van der Waals surface area contributed by atoms with E-state index in [1.165, 1.54) is 0 Å². The van der Waals surface area contributed by atoms with Crippen LogP contribution in [0, 0.1) is 19.8 Å². The van der Waals surface area contributed by atoms with Crippen molar-refractivity contribution in [1.82, 2.24) is 4.90 Å². The number of para-hydroxylation sites is 1. The number of carbonyl (C=O) groups excluding carboxylic acids is 2. The lowest BCUT2D eigenvalue weighted by atomic mass is 9.95. The molecule has 1 aliphatic heterocycles. The SMILES string of the molecule is Cc1ccc(C(=O)N2CCC[C@H](C(=O)Nc3ccccc3)C2)c(C)c1. The second kappa shape index (κ2) is 7.51. The lowest BCUT2D eigenvalue weighted by molar-refractivity contribution is -0.121. The van der Waals surface area contributed by atoms with Crippen molar-refractivity contribution in [3.63, 3.8) is 0 Å². The molecule has 4 nitrogen and oxygen atoms in total. The monoisotopic (exact) mass is 336 g/mol. The van der Waals surface area contributed by atoms with Crippen LogP contribution in [0.25, 0.3) is 0 Å². The van der Waals surface area contributed by atoms with Crippen LogP contribution in [0.2, 0.25) is 0 Å². The van der Waals surface area contributed by atoms with E-state index in [0.29, 0.717) is 13.1 Å². The molecule has 130 valence electrons. The molecule has 4 heteroatoms. The third-order valence-electron chi connectivity index (χ3n) is 4.73. The largest absolute Gasteiger partial charge is 0.338 e. The minimum Gasteiger partial charge on any atom is -0.338 e. The highest BCUT2D eigenvalue weighted by atomic mass is 16.2. The summed E-state index contributed by atoms with van der Waals surface area (Å²) in [4.78, 5) is 27.2. The molecule has 2 aromatic carbocycles. The molecule has 0 radical (unpaired) electrons. The number of anilines is 1. The molecule has 0 unspecified atom stereocenters. The van der Waals surface area contributed by atoms with Crippen LogP contribution in [-0.2, 0) is 4.79 Å². The fourth-order valence-corrected chi connectivity index (χ4v) is 3.37. The van der Waals surface area contributed by atoms with Gasteiger partial charge in [-0.3, -0.25) is 9.59 Å². The van der Waals surface area contributed by atoms with E-state index in [-0.39, 0.29) is 17.7 Å². The molecule has 1 fully saturated rings. The summed E-state index contributed by atoms with van der Waals surface area (Å²) in [6.07, 6.45) is 1.67. The number of nitrogens with one attached hydrogen (secondary N) is 1. The summed E-state index contributed by atoms with van der Waals surface area (Å²) in [5.74, 6) is -0.150. The van der Waals surface area contributed by atoms with E-state index in [2.05, 4.69) is 5.32 Å². The summed E-state index contributed by atoms with van der Waals surface area (Å²) in [6, 6.07) is 15.3. The van der Waals surface area contributed by atoms with Crippen molar-refractivity contribution in [3.8, 4) is 0 Å². The van der Waals surface area contributed by atoms with E-state index in [1.54, 1.807) is 0 Å². The second-order valence-electron chi connectivity index (χ2n) is 6.76. The Balaban J connectivity index is 1.68. The van der Waals surface area contributed by atoms with Crippen molar-refractivity contribution in [2.75, 3.05) is 18.4 Å². The molecule has 0 aliphatic carbocycles. The summed E-state index contributed by atoms with van der Waals surface area (Å²) in [7, 11) is 0. The van der Waals surface area contributed by atoms with Crippen LogP contribution < -0.4 is 5.32 Å². The molecule has 1 heterocycles. The first-order valence-corrected chi connectivity index (χ1v) is 8.77. The molecule has 0 aromatic heterocycles. The van der Waals surface area contributed by atoms with Gasteiger partial charge in [0.05, 0.1) is 5.92 Å². The van der Waals surface area contributed by atoms with Gasteiger partial charge in [0.1, 0.15) is 0 Å². The number of carbonyl (C=O) groups is 2. The van der Waals surface area contributed by atoms with Crippen molar-refractivity contribution >= 4 is 17.5 Å². The van der Waals surface area contributed by atoms with Crippen LogP contribution in [0.3, 0.4) is 0 Å². The van der Waals surface area contributed by atoms with E-state index < -0.39 is 0 Å². The average Bonchev–Trinajstić information content (AvgIpc) is 2.62. The van der Waals surface area contributed by atoms with E-state index in [1.807, 2.05) is 67.3 Å². The molecule has 0 spiro atoms. The highest BCUT2D eigenvalue weighted by Crippen LogP contribution is 2.22. The van der Waals surface area contributed by atoms with Crippen molar-refractivity contribution in [2.24, 2.45) is 5.92 Å². The van der Waals surface area contributed by atoms with Crippen LogP contribution in [0.15, 0.2) is 48.5 Å². The molecule has 2 amide bonds. The maximum Gasteiger partial charge on any atom is 0.254 e. The predicted octanol–water partition coefficient (Wildman–Crippen LogP) is 3.79. The van der Waals surface area contributed by atoms with Gasteiger partial charge < -0.3 is 10.2 Å². The zero-order valence-electron chi connectivity index (χ0n) is 14.8. The number of amides is 2. The number of hydrogen-bond acceptors (Lipinski definition) is 2. The lowest BCUT2D eigenvalue weighted by Crippen LogP contribution is -2.44. The van der Waals surface area contributed by atoms with Crippen LogP contribution in [0.4, 0.5) is 5.69 Å². The normalized spacial score (nSPS) is 17.2. The quantitative estimate of drug-likeness (QED) is 0.927. The number of nitrogens with zero attached hydrogens (tertiary/aromatic N) is 1. The Kier molecular flexibility index (Phi) is 5.17. The highest BCUT2D eigenvalue weighted by molar-refractivity contribution is 5.97. The van der Waals surface area contributed by atoms with Gasteiger partial charge in [-0.2, -0.15) is 0 Å². The Morgan fingerprint density at radius 1 is 1.08 bits per heavy atom. The Morgan fingerprint density at radius 3 is 2.56 bits per heavy atom. The van der Waals surface area contributed by atoms with Crippen LogP contribution >= 0.6 is 0 Å². The number of rotatable bonds is 3. The van der Waals surface area contributed by atoms with Crippen molar-refractivity contribution in [2.45, 2.75) is 26.7 Å². The van der Waals surface area contributed by atoms with Crippen LogP contribution in [0.5, 0.6) is 0 Å². The maximum absolute atomic E-state index is 12.9. The number of benzene rings is 2. The molecule has 0 bridgehead atoms. The van der Waals surface area contributed by atoms with Gasteiger partial charge in [-0.1, -0.05) is 35.9 Å². The Hall–Kier alpha value is -2.62. The number of piperidine rings is 1. The summed E-state index contributed by atoms with van der Waals surface area (Å²) < 4.78 is 0. The smallest absolute Gasteiger partial charge is 0.254 e. The third-order valence-corrected chi connectivity index (χ3v) is 4.73. The number of hydrogen-bond donors (Lipinski definition) is 1. The van der Waals surface area contributed by atoms with Gasteiger partial charge in [0.15, 0.2) is 0 Å². The standard InChI is InChI=1S/C21H24N2O2/c1-15-10-11-19(16(2)13-15)21(25)23-12-6-7-17(14-23)20(24)22-18-8-4-3-5-9-18/h3-5,8-11,13,17H,6-7,12,14H2,1-2H3,(H,22,24)/t17-/m0/s1. The van der Waals surface area contributed by atoms with Crippen molar-refractivity contribution in [3.05, 3.63) is 65.2 Å². The Morgan fingerprint density at radius 2 is 1.84 bits per heavy atom. The van der Waals surface area contributed by atoms with Gasteiger partial charge in [-0.25, -0.2) is 0 Å². The molecule has 1 N–H and O–H groups in total.